The van der Waals surface area contributed by atoms with Crippen molar-refractivity contribution in [3.05, 3.63) is 268 Å². The zero-order valence-electron chi connectivity index (χ0n) is 59.8. The number of aryl methyl sites for hydroxylation is 1. The van der Waals surface area contributed by atoms with Gasteiger partial charge in [0.2, 0.25) is 0 Å². The molecule has 4 nitrogen and oxygen atoms in total. The summed E-state index contributed by atoms with van der Waals surface area (Å²) in [6.45, 7) is 35.9. The van der Waals surface area contributed by atoms with Crippen molar-refractivity contribution < 1.29 is 0 Å². The standard InChI is InChI=1S/C91H97BN4/c1-60-35-44-77-72(53-60)90(63-31-21-17-22-32-63)51-27-25-49-88(90,14)95(77)69-43-48-79-75(57-69)92-74-56-67(87(11,12)13)40-47-80(74)94(76-45-38-65(85(5,6)7)54-71(76)61-29-19-16-20-30-61)82-59-70(58-81(83(82)92)93(79)68-41-36-62(37-42-68)84(2,3)4)96-78-46-39-66(86(8,9)10)55-73(78)91(64-33-23-18-24-34-64)52-28-26-50-89(91,96)15/h16-24,29-48,53-59H,25-28,49-52H2,1-15H3. The highest BCUT2D eigenvalue weighted by Crippen LogP contribution is 2.67. The molecule has 10 aromatic rings. The van der Waals surface area contributed by atoms with E-state index < -0.39 is 0 Å². The maximum Gasteiger partial charge on any atom is 0.252 e. The normalized spacial score (nSPS) is 21.8. The lowest BCUT2D eigenvalue weighted by Gasteiger charge is -2.53. The Bertz CT molecular complexity index is 4710. The van der Waals surface area contributed by atoms with Gasteiger partial charge in [0.15, 0.2) is 0 Å². The largest absolute Gasteiger partial charge is 0.334 e. The summed E-state index contributed by atoms with van der Waals surface area (Å²) in [5, 5.41) is 0. The highest BCUT2D eigenvalue weighted by Gasteiger charge is 2.63. The summed E-state index contributed by atoms with van der Waals surface area (Å²) in [5.74, 6) is 0. The molecule has 2 fully saturated rings. The van der Waals surface area contributed by atoms with Gasteiger partial charge in [-0.2, -0.15) is 0 Å². The second-order valence-corrected chi connectivity index (χ2v) is 34.1. The summed E-state index contributed by atoms with van der Waals surface area (Å²) in [4.78, 5) is 11.1. The molecular formula is C91H97BN4. The van der Waals surface area contributed by atoms with Crippen molar-refractivity contribution in [3.63, 3.8) is 0 Å². The van der Waals surface area contributed by atoms with Gasteiger partial charge in [-0.05, 0) is 207 Å². The van der Waals surface area contributed by atoms with Gasteiger partial charge in [-0.25, -0.2) is 0 Å². The number of hydrogen-bond acceptors (Lipinski definition) is 4. The van der Waals surface area contributed by atoms with E-state index in [0.717, 1.165) is 32.1 Å². The number of rotatable bonds is 7. The van der Waals surface area contributed by atoms with E-state index in [1.54, 1.807) is 0 Å². The second kappa shape index (κ2) is 21.7. The van der Waals surface area contributed by atoms with Crippen molar-refractivity contribution in [1.29, 1.82) is 0 Å². The van der Waals surface area contributed by atoms with E-state index in [2.05, 4.69) is 342 Å². The van der Waals surface area contributed by atoms with Crippen LogP contribution in [-0.2, 0) is 32.5 Å². The fourth-order valence-electron chi connectivity index (χ4n) is 19.3. The lowest BCUT2D eigenvalue weighted by atomic mass is 9.33. The molecule has 96 heavy (non-hydrogen) atoms. The van der Waals surface area contributed by atoms with Crippen LogP contribution in [0.4, 0.5) is 56.9 Å². The number of nitrogens with zero attached hydrogens (tertiary/aromatic N) is 4. The van der Waals surface area contributed by atoms with Crippen LogP contribution >= 0.6 is 0 Å². The van der Waals surface area contributed by atoms with E-state index >= 15 is 0 Å². The third-order valence-electron chi connectivity index (χ3n) is 24.3. The van der Waals surface area contributed by atoms with Crippen molar-refractivity contribution in [3.8, 4) is 11.1 Å². The van der Waals surface area contributed by atoms with Crippen LogP contribution in [0.5, 0.6) is 0 Å². The first-order valence-corrected chi connectivity index (χ1v) is 36.1. The van der Waals surface area contributed by atoms with Gasteiger partial charge < -0.3 is 19.6 Å². The van der Waals surface area contributed by atoms with Crippen LogP contribution < -0.4 is 36.0 Å². The van der Waals surface area contributed by atoms with Crippen LogP contribution in [0.15, 0.2) is 218 Å². The summed E-state index contributed by atoms with van der Waals surface area (Å²) < 4.78 is 0. The minimum Gasteiger partial charge on any atom is -0.334 e. The first kappa shape index (κ1) is 62.3. The van der Waals surface area contributed by atoms with Crippen LogP contribution in [0, 0.1) is 6.92 Å². The summed E-state index contributed by atoms with van der Waals surface area (Å²) >= 11 is 0. The van der Waals surface area contributed by atoms with Crippen molar-refractivity contribution in [2.24, 2.45) is 0 Å². The SMILES string of the molecule is Cc1ccc2c(c1)C1(c3ccccc3)CCCCC1(C)N2c1ccc2c(c1)B1c3cc(C(C)(C)C)ccc3N(c3ccc(C(C)(C)C)cc3-c3ccccc3)c3cc(N4c5ccc(C(C)(C)C)cc5C5(c6ccccc6)CCCCC45C)cc(c31)N2c1ccc(C(C)(C)C)cc1. The Balaban J connectivity index is 1.04. The summed E-state index contributed by atoms with van der Waals surface area (Å²) in [5.41, 5.74) is 30.0. The zero-order chi connectivity index (χ0) is 66.9. The molecule has 484 valence electrons. The molecule has 4 aliphatic heterocycles. The lowest BCUT2D eigenvalue weighted by Crippen LogP contribution is -2.62. The molecule has 10 aromatic carbocycles. The number of hydrogen-bond donors (Lipinski definition) is 0. The molecule has 0 N–H and O–H groups in total. The average molecular weight is 1260 g/mol. The van der Waals surface area contributed by atoms with Gasteiger partial charge in [-0.1, -0.05) is 260 Å². The minimum absolute atomic E-state index is 0.0309. The Hall–Kier alpha value is -8.54. The molecular weight excluding hydrogens is 1160 g/mol. The second-order valence-electron chi connectivity index (χ2n) is 34.1. The molecule has 0 bridgehead atoms. The highest BCUT2D eigenvalue weighted by molar-refractivity contribution is 7.00. The summed E-state index contributed by atoms with van der Waals surface area (Å²) in [6.07, 6.45) is 9.05. The molecule has 0 radical (unpaired) electrons. The minimum atomic E-state index is -0.330. The number of anilines is 10. The van der Waals surface area contributed by atoms with Crippen LogP contribution in [0.1, 0.15) is 198 Å². The van der Waals surface area contributed by atoms with E-state index in [-0.39, 0.29) is 50.3 Å². The Labute approximate surface area is 574 Å². The summed E-state index contributed by atoms with van der Waals surface area (Å²) in [7, 11) is 0. The molecule has 4 unspecified atom stereocenters. The van der Waals surface area contributed by atoms with E-state index in [0.29, 0.717) is 0 Å². The van der Waals surface area contributed by atoms with Crippen molar-refractivity contribution in [2.75, 3.05) is 19.6 Å². The fourth-order valence-corrected chi connectivity index (χ4v) is 19.3. The fraction of sp³-hybridized carbons (Fsp3) is 0.341. The number of fused-ring (bicyclic) bond motifs is 10. The Morgan fingerprint density at radius 3 is 1.31 bits per heavy atom. The van der Waals surface area contributed by atoms with Crippen LogP contribution in [0.3, 0.4) is 0 Å². The Kier molecular flexibility index (Phi) is 14.1. The van der Waals surface area contributed by atoms with Crippen LogP contribution in [0.2, 0.25) is 0 Å². The van der Waals surface area contributed by atoms with Gasteiger partial charge in [0.05, 0.1) is 16.8 Å². The van der Waals surface area contributed by atoms with Gasteiger partial charge in [0.1, 0.15) is 0 Å². The van der Waals surface area contributed by atoms with Gasteiger partial charge in [-0.3, -0.25) is 0 Å². The quantitative estimate of drug-likeness (QED) is 0.147. The molecule has 0 amide bonds. The van der Waals surface area contributed by atoms with Crippen molar-refractivity contribution >= 4 is 80.0 Å². The van der Waals surface area contributed by atoms with E-state index in [1.807, 2.05) is 0 Å². The highest BCUT2D eigenvalue weighted by atomic mass is 15.3. The maximum atomic E-state index is 2.87. The van der Waals surface area contributed by atoms with E-state index in [1.165, 1.54) is 154 Å². The van der Waals surface area contributed by atoms with Crippen molar-refractivity contribution in [1.82, 2.24) is 0 Å². The van der Waals surface area contributed by atoms with Gasteiger partial charge in [0.25, 0.3) is 6.71 Å². The third-order valence-corrected chi connectivity index (χ3v) is 24.3. The molecule has 16 rings (SSSR count). The first-order chi connectivity index (χ1) is 45.8. The third kappa shape index (κ3) is 9.13. The van der Waals surface area contributed by atoms with Gasteiger partial charge in [0, 0.05) is 67.6 Å². The van der Waals surface area contributed by atoms with Crippen LogP contribution in [-0.4, -0.2) is 17.8 Å². The monoisotopic (exact) mass is 1260 g/mol. The maximum absolute atomic E-state index is 2.87. The van der Waals surface area contributed by atoms with Crippen LogP contribution in [0.25, 0.3) is 11.1 Å². The summed E-state index contributed by atoms with van der Waals surface area (Å²) in [6, 6.07) is 87.3. The molecule has 5 heteroatoms. The molecule has 0 spiro atoms. The topological polar surface area (TPSA) is 13.0 Å². The van der Waals surface area contributed by atoms with Crippen molar-refractivity contribution in [2.45, 2.75) is 199 Å². The molecule has 2 saturated carbocycles. The molecule has 4 atom stereocenters. The Morgan fingerprint density at radius 2 is 0.750 bits per heavy atom. The zero-order valence-corrected chi connectivity index (χ0v) is 59.8. The predicted octanol–water partition coefficient (Wildman–Crippen LogP) is 22.5. The first-order valence-electron chi connectivity index (χ1n) is 36.1. The predicted molar refractivity (Wildman–Crippen MR) is 411 cm³/mol. The average Bonchev–Trinajstić information content (AvgIpc) is 1.44. The Morgan fingerprint density at radius 1 is 0.333 bits per heavy atom. The van der Waals surface area contributed by atoms with E-state index in [9.17, 15) is 0 Å². The molecule has 4 heterocycles. The lowest BCUT2D eigenvalue weighted by molar-refractivity contribution is 0.215. The van der Waals surface area contributed by atoms with Gasteiger partial charge in [-0.15, -0.1) is 0 Å². The molecule has 0 aromatic heterocycles. The molecule has 6 aliphatic rings. The molecule has 2 aliphatic carbocycles. The van der Waals surface area contributed by atoms with Gasteiger partial charge >= 0.3 is 0 Å². The van der Waals surface area contributed by atoms with E-state index in [4.69, 9.17) is 0 Å². The smallest absolute Gasteiger partial charge is 0.252 e. The number of benzene rings is 10. The molecule has 0 saturated heterocycles.